The van der Waals surface area contributed by atoms with E-state index in [4.69, 9.17) is 0 Å². The van der Waals surface area contributed by atoms with Crippen LogP contribution in [0, 0.1) is 0 Å². The molecule has 0 spiro atoms. The van der Waals surface area contributed by atoms with E-state index in [1.54, 1.807) is 16.8 Å². The van der Waals surface area contributed by atoms with Crippen LogP contribution in [0.2, 0.25) is 0 Å². The Hall–Kier alpha value is -3.06. The number of rotatable bonds is 7. The number of nitrogens with zero attached hydrogens (tertiary/aromatic N) is 4. The molecule has 2 aromatic carbocycles. The van der Waals surface area contributed by atoms with Gasteiger partial charge < -0.3 is 10.4 Å². The first kappa shape index (κ1) is 16.8. The van der Waals surface area contributed by atoms with Crippen molar-refractivity contribution in [3.05, 3.63) is 77.6 Å². The molecule has 128 valence electrons. The SMILES string of the molecule is O=C(NC(CO)Cc1ccccc1)c1ccc(Cn2cnnn2)cc1. The molecule has 0 aliphatic carbocycles. The van der Waals surface area contributed by atoms with Gasteiger partial charge in [0, 0.05) is 5.56 Å². The van der Waals surface area contributed by atoms with E-state index in [9.17, 15) is 9.90 Å². The Morgan fingerprint density at radius 1 is 1.08 bits per heavy atom. The molecule has 3 rings (SSSR count). The average molecular weight is 337 g/mol. The van der Waals surface area contributed by atoms with Crippen LogP contribution in [0.1, 0.15) is 21.5 Å². The average Bonchev–Trinajstić information content (AvgIpc) is 3.15. The Labute approximate surface area is 145 Å². The van der Waals surface area contributed by atoms with Crippen molar-refractivity contribution in [2.24, 2.45) is 0 Å². The number of benzene rings is 2. The van der Waals surface area contributed by atoms with Crippen LogP contribution >= 0.6 is 0 Å². The molecule has 7 nitrogen and oxygen atoms in total. The fraction of sp³-hybridized carbons (Fsp3) is 0.222. The van der Waals surface area contributed by atoms with Crippen LogP contribution in [-0.2, 0) is 13.0 Å². The molecule has 1 heterocycles. The number of aliphatic hydroxyl groups excluding tert-OH is 1. The lowest BCUT2D eigenvalue weighted by atomic mass is 10.1. The number of carbonyl (C=O) groups excluding carboxylic acids is 1. The van der Waals surface area contributed by atoms with E-state index in [1.165, 1.54) is 6.33 Å². The third-order valence-corrected chi connectivity index (χ3v) is 3.83. The van der Waals surface area contributed by atoms with Crippen LogP contribution < -0.4 is 5.32 Å². The molecule has 25 heavy (non-hydrogen) atoms. The molecular formula is C18H19N5O2. The van der Waals surface area contributed by atoms with Crippen LogP contribution in [0.3, 0.4) is 0 Å². The molecule has 2 N–H and O–H groups in total. The summed E-state index contributed by atoms with van der Waals surface area (Å²) in [5.74, 6) is -0.205. The lowest BCUT2D eigenvalue weighted by molar-refractivity contribution is 0.0916. The molecule has 1 aromatic heterocycles. The summed E-state index contributed by atoms with van der Waals surface area (Å²) in [5.41, 5.74) is 2.61. The van der Waals surface area contributed by atoms with E-state index in [0.29, 0.717) is 18.5 Å². The number of aliphatic hydroxyl groups is 1. The standard InChI is InChI=1S/C18H19N5O2/c24-12-17(10-14-4-2-1-3-5-14)20-18(25)16-8-6-15(7-9-16)11-23-13-19-21-22-23/h1-9,13,17,24H,10-12H2,(H,20,25). The zero-order valence-electron chi connectivity index (χ0n) is 13.6. The predicted molar refractivity (Wildman–Crippen MR) is 91.8 cm³/mol. The van der Waals surface area contributed by atoms with Crippen molar-refractivity contribution < 1.29 is 9.90 Å². The lowest BCUT2D eigenvalue weighted by Gasteiger charge is -2.16. The zero-order chi connectivity index (χ0) is 17.5. The van der Waals surface area contributed by atoms with E-state index in [-0.39, 0.29) is 18.6 Å². The molecule has 0 aliphatic rings. The molecule has 0 radical (unpaired) electrons. The number of hydrogen-bond donors (Lipinski definition) is 2. The summed E-state index contributed by atoms with van der Waals surface area (Å²) in [7, 11) is 0. The van der Waals surface area contributed by atoms with Gasteiger partial charge in [-0.25, -0.2) is 4.68 Å². The maximum atomic E-state index is 12.4. The zero-order valence-corrected chi connectivity index (χ0v) is 13.6. The third kappa shape index (κ3) is 4.71. The number of amides is 1. The van der Waals surface area contributed by atoms with Gasteiger partial charge in [0.1, 0.15) is 6.33 Å². The molecule has 0 bridgehead atoms. The number of tetrazole rings is 1. The Balaban J connectivity index is 1.59. The fourth-order valence-corrected chi connectivity index (χ4v) is 2.53. The van der Waals surface area contributed by atoms with Crippen molar-refractivity contribution in [3.8, 4) is 0 Å². The molecular weight excluding hydrogens is 318 g/mol. The summed E-state index contributed by atoms with van der Waals surface area (Å²) < 4.78 is 1.61. The van der Waals surface area contributed by atoms with Gasteiger partial charge in [-0.05, 0) is 40.1 Å². The largest absolute Gasteiger partial charge is 0.394 e. The molecule has 0 saturated carbocycles. The summed E-state index contributed by atoms with van der Waals surface area (Å²) in [6.45, 7) is 0.431. The highest BCUT2D eigenvalue weighted by Crippen LogP contribution is 2.08. The highest BCUT2D eigenvalue weighted by Gasteiger charge is 2.13. The minimum atomic E-state index is -0.323. The van der Waals surface area contributed by atoms with Crippen LogP contribution in [0.5, 0.6) is 0 Å². The first-order valence-electron chi connectivity index (χ1n) is 8.00. The summed E-state index contributed by atoms with van der Waals surface area (Å²) in [4.78, 5) is 12.4. The number of hydrogen-bond acceptors (Lipinski definition) is 5. The van der Waals surface area contributed by atoms with E-state index in [0.717, 1.165) is 11.1 Å². The number of nitrogens with one attached hydrogen (secondary N) is 1. The number of aromatic nitrogens is 4. The van der Waals surface area contributed by atoms with E-state index < -0.39 is 0 Å². The van der Waals surface area contributed by atoms with Gasteiger partial charge in [0.25, 0.3) is 5.91 Å². The third-order valence-electron chi connectivity index (χ3n) is 3.83. The van der Waals surface area contributed by atoms with Gasteiger partial charge in [-0.3, -0.25) is 4.79 Å². The molecule has 1 atom stereocenters. The van der Waals surface area contributed by atoms with Crippen LogP contribution in [0.15, 0.2) is 60.9 Å². The second-order valence-corrected chi connectivity index (χ2v) is 5.75. The fourth-order valence-electron chi connectivity index (χ4n) is 2.53. The molecule has 1 unspecified atom stereocenters. The van der Waals surface area contributed by atoms with E-state index in [1.807, 2.05) is 42.5 Å². The van der Waals surface area contributed by atoms with Crippen molar-refractivity contribution in [1.29, 1.82) is 0 Å². The summed E-state index contributed by atoms with van der Waals surface area (Å²) >= 11 is 0. The Morgan fingerprint density at radius 3 is 2.48 bits per heavy atom. The first-order chi connectivity index (χ1) is 12.2. The second-order valence-electron chi connectivity index (χ2n) is 5.75. The highest BCUT2D eigenvalue weighted by atomic mass is 16.3. The van der Waals surface area contributed by atoms with Crippen LogP contribution in [0.4, 0.5) is 0 Å². The summed E-state index contributed by atoms with van der Waals surface area (Å²) in [6, 6.07) is 16.7. The van der Waals surface area contributed by atoms with Gasteiger partial charge in [-0.1, -0.05) is 42.5 Å². The van der Waals surface area contributed by atoms with E-state index >= 15 is 0 Å². The van der Waals surface area contributed by atoms with Crippen molar-refractivity contribution in [3.63, 3.8) is 0 Å². The molecule has 7 heteroatoms. The van der Waals surface area contributed by atoms with Gasteiger partial charge in [0.15, 0.2) is 0 Å². The first-order valence-corrected chi connectivity index (χ1v) is 8.00. The minimum absolute atomic E-state index is 0.113. The van der Waals surface area contributed by atoms with Crippen LogP contribution in [-0.4, -0.2) is 43.9 Å². The minimum Gasteiger partial charge on any atom is -0.394 e. The Kier molecular flexibility index (Phi) is 5.48. The molecule has 0 saturated heterocycles. The van der Waals surface area contributed by atoms with Crippen molar-refractivity contribution in [1.82, 2.24) is 25.5 Å². The van der Waals surface area contributed by atoms with Gasteiger partial charge in [-0.2, -0.15) is 0 Å². The highest BCUT2D eigenvalue weighted by molar-refractivity contribution is 5.94. The van der Waals surface area contributed by atoms with Crippen molar-refractivity contribution in [2.75, 3.05) is 6.61 Å². The smallest absolute Gasteiger partial charge is 0.251 e. The quantitative estimate of drug-likeness (QED) is 0.672. The lowest BCUT2D eigenvalue weighted by Crippen LogP contribution is -2.39. The predicted octanol–water partition coefficient (Wildman–Crippen LogP) is 1.05. The molecule has 3 aromatic rings. The summed E-state index contributed by atoms with van der Waals surface area (Å²) in [5, 5.41) is 23.4. The van der Waals surface area contributed by atoms with Gasteiger partial charge in [0.2, 0.25) is 0 Å². The second kappa shape index (κ2) is 8.16. The number of carbonyl (C=O) groups is 1. The van der Waals surface area contributed by atoms with E-state index in [2.05, 4.69) is 20.8 Å². The molecule has 1 amide bonds. The monoisotopic (exact) mass is 337 g/mol. The van der Waals surface area contributed by atoms with Crippen molar-refractivity contribution in [2.45, 2.75) is 19.0 Å². The van der Waals surface area contributed by atoms with Gasteiger partial charge in [0.05, 0.1) is 19.2 Å². The topological polar surface area (TPSA) is 92.9 Å². The van der Waals surface area contributed by atoms with Gasteiger partial charge >= 0.3 is 0 Å². The maximum absolute atomic E-state index is 12.4. The molecule has 0 fully saturated rings. The van der Waals surface area contributed by atoms with Gasteiger partial charge in [-0.15, -0.1) is 5.10 Å². The Morgan fingerprint density at radius 2 is 1.84 bits per heavy atom. The molecule has 0 aliphatic heterocycles. The summed E-state index contributed by atoms with van der Waals surface area (Å²) in [6.07, 6.45) is 2.12. The normalized spacial score (nSPS) is 11.9. The Bertz CT molecular complexity index is 788. The van der Waals surface area contributed by atoms with Crippen molar-refractivity contribution >= 4 is 5.91 Å². The maximum Gasteiger partial charge on any atom is 0.251 e. The van der Waals surface area contributed by atoms with Crippen LogP contribution in [0.25, 0.3) is 0 Å².